The van der Waals surface area contributed by atoms with Crippen molar-refractivity contribution >= 4 is 45.2 Å². The van der Waals surface area contributed by atoms with Crippen molar-refractivity contribution in [1.29, 1.82) is 5.26 Å². The number of ether oxygens (including phenoxy) is 3. The van der Waals surface area contributed by atoms with Gasteiger partial charge in [0.1, 0.15) is 23.3 Å². The summed E-state index contributed by atoms with van der Waals surface area (Å²) in [5, 5.41) is 13.4. The summed E-state index contributed by atoms with van der Waals surface area (Å²) >= 11 is 6.86. The maximum absolute atomic E-state index is 13.3. The molecule has 2 fully saturated rings. The third-order valence-corrected chi connectivity index (χ3v) is 10.4. The molecule has 1 saturated carbocycles. The van der Waals surface area contributed by atoms with Gasteiger partial charge in [-0.15, -0.1) is 0 Å². The molecule has 262 valence electrons. The largest absolute Gasteiger partial charge is 0.492 e. The van der Waals surface area contributed by atoms with Gasteiger partial charge in [0, 0.05) is 41.6 Å². The van der Waals surface area contributed by atoms with Crippen LogP contribution in [0, 0.1) is 11.3 Å². The van der Waals surface area contributed by atoms with Crippen LogP contribution < -0.4 is 14.4 Å². The van der Waals surface area contributed by atoms with Crippen molar-refractivity contribution in [3.63, 3.8) is 0 Å². The molecular weight excluding hydrogens is 652 g/mol. The summed E-state index contributed by atoms with van der Waals surface area (Å²) in [5.74, 6) is 1.46. The van der Waals surface area contributed by atoms with E-state index < -0.39 is 11.7 Å². The van der Waals surface area contributed by atoms with Crippen LogP contribution in [0.4, 0.5) is 10.6 Å². The molecule has 1 aromatic heterocycles. The number of benzene rings is 3. The van der Waals surface area contributed by atoms with Crippen molar-refractivity contribution in [1.82, 2.24) is 19.8 Å². The van der Waals surface area contributed by atoms with E-state index in [0.29, 0.717) is 43.1 Å². The molecule has 2 aliphatic heterocycles. The number of rotatable bonds is 6. The van der Waals surface area contributed by atoms with Gasteiger partial charge in [0.05, 0.1) is 36.0 Å². The fourth-order valence-electron chi connectivity index (χ4n) is 7.80. The Kier molecular flexibility index (Phi) is 9.40. The van der Waals surface area contributed by atoms with Gasteiger partial charge in [0.25, 0.3) is 0 Å². The molecule has 4 aromatic rings. The van der Waals surface area contributed by atoms with E-state index in [0.717, 1.165) is 76.2 Å². The fraction of sp³-hybridized carbons (Fsp3) is 0.487. The molecule has 2 unspecified atom stereocenters. The first-order valence-corrected chi connectivity index (χ1v) is 18.0. The first-order valence-electron chi connectivity index (χ1n) is 17.6. The minimum atomic E-state index is -0.645. The standard InChI is InChI=1S/C39H45ClN6O4/c1-39(2,3)50-38(47)46-20-19-45(23-25(46)17-18-41)36-34-30(42-37(43-36)49-32-16-8-15-31(32)44(4)5)22-28(27-13-9-21-48-35(27)34)26-12-6-10-24-11-7-14-29(40)33(24)26/h6-7,10-12,14,22,25,31-32H,8-9,13,15-17,19-21,23H2,1-5H3/t25-,31?,32?/m0/s1. The second-order valence-corrected chi connectivity index (χ2v) is 15.2. The lowest BCUT2D eigenvalue weighted by molar-refractivity contribution is 0.0144. The molecule has 1 amide bonds. The SMILES string of the molecule is CN(C)C1CCCC1Oc1nc(N2CCN(C(=O)OC(C)(C)C)[C@@H](CC#N)C2)c2c3c(c(-c4cccc5cccc(Cl)c45)cc2n1)CCCO3. The number of nitrogens with zero attached hydrogens (tertiary/aromatic N) is 6. The number of piperazine rings is 1. The number of carbonyl (C=O) groups is 1. The molecule has 11 heteroatoms. The highest BCUT2D eigenvalue weighted by atomic mass is 35.5. The zero-order chi connectivity index (χ0) is 35.2. The highest BCUT2D eigenvalue weighted by molar-refractivity contribution is 6.36. The van der Waals surface area contributed by atoms with Crippen LogP contribution in [-0.2, 0) is 11.2 Å². The summed E-state index contributed by atoms with van der Waals surface area (Å²) in [6.45, 7) is 7.40. The quantitative estimate of drug-likeness (QED) is 0.201. The van der Waals surface area contributed by atoms with Crippen LogP contribution in [0.25, 0.3) is 32.8 Å². The summed E-state index contributed by atoms with van der Waals surface area (Å²) in [4.78, 5) is 29.6. The summed E-state index contributed by atoms with van der Waals surface area (Å²) < 4.78 is 19.0. The van der Waals surface area contributed by atoms with Gasteiger partial charge in [-0.1, -0.05) is 41.9 Å². The Morgan fingerprint density at radius 3 is 2.64 bits per heavy atom. The molecule has 0 radical (unpaired) electrons. The van der Waals surface area contributed by atoms with Gasteiger partial charge < -0.3 is 28.9 Å². The van der Waals surface area contributed by atoms with Gasteiger partial charge in [-0.05, 0) is 95.6 Å². The predicted molar refractivity (Wildman–Crippen MR) is 196 cm³/mol. The van der Waals surface area contributed by atoms with Crippen LogP contribution in [-0.4, -0.2) is 90.0 Å². The summed E-state index contributed by atoms with van der Waals surface area (Å²) in [7, 11) is 4.17. The van der Waals surface area contributed by atoms with Gasteiger partial charge >= 0.3 is 12.1 Å². The summed E-state index contributed by atoms with van der Waals surface area (Å²) in [6, 6.07) is 16.9. The average molecular weight is 697 g/mol. The maximum atomic E-state index is 13.3. The Hall–Kier alpha value is -4.33. The normalized spacial score (nSPS) is 20.9. The maximum Gasteiger partial charge on any atom is 0.410 e. The minimum Gasteiger partial charge on any atom is -0.492 e. The summed E-state index contributed by atoms with van der Waals surface area (Å²) in [6.07, 6.45) is 4.46. The summed E-state index contributed by atoms with van der Waals surface area (Å²) in [5.41, 5.74) is 3.23. The average Bonchev–Trinajstić information content (AvgIpc) is 3.55. The molecule has 1 saturated heterocycles. The van der Waals surface area contributed by atoms with Gasteiger partial charge in [-0.25, -0.2) is 4.79 Å². The second kappa shape index (κ2) is 13.8. The molecular formula is C39H45ClN6O4. The third kappa shape index (κ3) is 6.61. The van der Waals surface area contributed by atoms with E-state index in [4.69, 9.17) is 35.8 Å². The molecule has 0 spiro atoms. The first kappa shape index (κ1) is 34.1. The number of halogens is 1. The number of anilines is 1. The lowest BCUT2D eigenvalue weighted by Crippen LogP contribution is -2.56. The van der Waals surface area contributed by atoms with Crippen LogP contribution in [0.5, 0.6) is 11.8 Å². The van der Waals surface area contributed by atoms with Gasteiger partial charge in [-0.3, -0.25) is 0 Å². The van der Waals surface area contributed by atoms with Crippen molar-refractivity contribution in [2.45, 2.75) is 83.1 Å². The van der Waals surface area contributed by atoms with E-state index in [9.17, 15) is 10.1 Å². The number of likely N-dealkylation sites (N-methyl/N-ethyl adjacent to an activating group) is 1. The van der Waals surface area contributed by atoms with E-state index in [-0.39, 0.29) is 24.6 Å². The molecule has 50 heavy (non-hydrogen) atoms. The topological polar surface area (TPSA) is 104 Å². The van der Waals surface area contributed by atoms with Crippen LogP contribution in [0.15, 0.2) is 42.5 Å². The van der Waals surface area contributed by atoms with E-state index >= 15 is 0 Å². The smallest absolute Gasteiger partial charge is 0.410 e. The van der Waals surface area contributed by atoms with E-state index in [1.165, 1.54) is 0 Å². The lowest BCUT2D eigenvalue weighted by Gasteiger charge is -2.41. The molecule has 3 aromatic carbocycles. The van der Waals surface area contributed by atoms with Crippen molar-refractivity contribution in [2.24, 2.45) is 0 Å². The van der Waals surface area contributed by atoms with Crippen LogP contribution in [0.3, 0.4) is 0 Å². The van der Waals surface area contributed by atoms with Crippen LogP contribution in [0.1, 0.15) is 58.4 Å². The Morgan fingerprint density at radius 2 is 1.88 bits per heavy atom. The minimum absolute atomic E-state index is 0.0455. The zero-order valence-corrected chi connectivity index (χ0v) is 30.3. The first-order chi connectivity index (χ1) is 24.0. The highest BCUT2D eigenvalue weighted by Gasteiger charge is 2.37. The number of fused-ring (bicyclic) bond motifs is 4. The Labute approximate surface area is 298 Å². The highest BCUT2D eigenvalue weighted by Crippen LogP contribution is 2.46. The van der Waals surface area contributed by atoms with Crippen molar-refractivity contribution in [3.05, 3.63) is 53.1 Å². The molecule has 0 N–H and O–H groups in total. The number of nitriles is 1. The molecule has 3 atom stereocenters. The van der Waals surface area contributed by atoms with E-state index in [1.807, 2.05) is 32.9 Å². The Bertz CT molecular complexity index is 1970. The number of hydrogen-bond acceptors (Lipinski definition) is 9. The number of aromatic nitrogens is 2. The molecule has 7 rings (SSSR count). The van der Waals surface area contributed by atoms with Crippen LogP contribution >= 0.6 is 11.6 Å². The second-order valence-electron chi connectivity index (χ2n) is 14.8. The number of hydrogen-bond donors (Lipinski definition) is 0. The lowest BCUT2D eigenvalue weighted by atomic mass is 9.89. The Balaban J connectivity index is 1.39. The number of amides is 1. The third-order valence-electron chi connectivity index (χ3n) is 10.0. The van der Waals surface area contributed by atoms with E-state index in [1.54, 1.807) is 4.90 Å². The van der Waals surface area contributed by atoms with Gasteiger partial charge in [0.15, 0.2) is 0 Å². The molecule has 3 aliphatic rings. The van der Waals surface area contributed by atoms with Gasteiger partial charge in [0.2, 0.25) is 0 Å². The Morgan fingerprint density at radius 1 is 1.08 bits per heavy atom. The molecule has 10 nitrogen and oxygen atoms in total. The molecule has 1 aliphatic carbocycles. The molecule has 3 heterocycles. The zero-order valence-electron chi connectivity index (χ0n) is 29.5. The number of carbonyl (C=O) groups excluding carboxylic acids is 1. The van der Waals surface area contributed by atoms with Crippen molar-refractivity contribution in [3.8, 4) is 29.0 Å². The van der Waals surface area contributed by atoms with Gasteiger partial charge in [-0.2, -0.15) is 15.2 Å². The van der Waals surface area contributed by atoms with E-state index in [2.05, 4.69) is 60.3 Å². The van der Waals surface area contributed by atoms with Crippen molar-refractivity contribution in [2.75, 3.05) is 45.2 Å². The molecule has 0 bridgehead atoms. The monoisotopic (exact) mass is 696 g/mol. The fourth-order valence-corrected chi connectivity index (χ4v) is 8.08. The predicted octanol–water partition coefficient (Wildman–Crippen LogP) is 7.63. The van der Waals surface area contributed by atoms with Crippen LogP contribution in [0.2, 0.25) is 5.02 Å². The van der Waals surface area contributed by atoms with Crippen molar-refractivity contribution < 1.29 is 19.0 Å².